The Bertz CT molecular complexity index is 597. The predicted molar refractivity (Wildman–Crippen MR) is 75.6 cm³/mol. The summed E-state index contributed by atoms with van der Waals surface area (Å²) in [5.74, 6) is 2.06. The first-order valence-corrected chi connectivity index (χ1v) is 7.37. The maximum atomic E-state index is 10.6. The third-order valence-electron chi connectivity index (χ3n) is 5.06. The van der Waals surface area contributed by atoms with E-state index in [-0.39, 0.29) is 6.10 Å². The van der Waals surface area contributed by atoms with Crippen molar-refractivity contribution in [3.63, 3.8) is 0 Å². The van der Waals surface area contributed by atoms with Crippen LogP contribution in [0.25, 0.3) is 10.9 Å². The average molecular weight is 253 g/mol. The molecule has 2 aromatic rings. The van der Waals surface area contributed by atoms with Gasteiger partial charge in [-0.05, 0) is 48.3 Å². The molecular weight excluding hydrogens is 234 g/mol. The lowest BCUT2D eigenvalue weighted by Crippen LogP contribution is -2.02. The van der Waals surface area contributed by atoms with E-state index < -0.39 is 0 Å². The number of hydrogen-bond donors (Lipinski definition) is 1. The van der Waals surface area contributed by atoms with Gasteiger partial charge in [-0.15, -0.1) is 0 Å². The van der Waals surface area contributed by atoms with Gasteiger partial charge in [0.1, 0.15) is 0 Å². The van der Waals surface area contributed by atoms with Gasteiger partial charge in [0.15, 0.2) is 0 Å². The summed E-state index contributed by atoms with van der Waals surface area (Å²) in [6.45, 7) is 0. The average Bonchev–Trinajstić information content (AvgIpc) is 3.20. The Morgan fingerprint density at radius 2 is 1.89 bits per heavy atom. The van der Waals surface area contributed by atoms with Gasteiger partial charge < -0.3 is 5.11 Å². The van der Waals surface area contributed by atoms with Crippen LogP contribution in [0.4, 0.5) is 0 Å². The normalized spacial score (nSPS) is 30.9. The molecule has 3 atom stereocenters. The number of aliphatic hydroxyl groups is 1. The van der Waals surface area contributed by atoms with Gasteiger partial charge in [0.05, 0.1) is 11.6 Å². The molecular formula is C17H19NO. The summed E-state index contributed by atoms with van der Waals surface area (Å²) in [5.41, 5.74) is 2.04. The van der Waals surface area contributed by atoms with Crippen LogP contribution >= 0.6 is 0 Å². The molecule has 0 saturated heterocycles. The second-order valence-corrected chi connectivity index (χ2v) is 6.09. The highest BCUT2D eigenvalue weighted by atomic mass is 16.3. The monoisotopic (exact) mass is 253 g/mol. The highest BCUT2D eigenvalue weighted by Crippen LogP contribution is 2.60. The number of pyridine rings is 1. The fourth-order valence-electron chi connectivity index (χ4n) is 4.01. The van der Waals surface area contributed by atoms with Crippen molar-refractivity contribution in [2.45, 2.75) is 31.8 Å². The third-order valence-corrected chi connectivity index (χ3v) is 5.06. The van der Waals surface area contributed by atoms with Crippen molar-refractivity contribution in [3.8, 4) is 0 Å². The van der Waals surface area contributed by atoms with Crippen LogP contribution in [-0.4, -0.2) is 10.1 Å². The first-order valence-electron chi connectivity index (χ1n) is 7.37. The number of aliphatic hydroxyl groups excluding tert-OH is 1. The summed E-state index contributed by atoms with van der Waals surface area (Å²) >= 11 is 0. The zero-order chi connectivity index (χ0) is 12.8. The van der Waals surface area contributed by atoms with Gasteiger partial charge in [-0.1, -0.05) is 31.0 Å². The minimum Gasteiger partial charge on any atom is -0.388 e. The summed E-state index contributed by atoms with van der Waals surface area (Å²) in [7, 11) is 0. The maximum absolute atomic E-state index is 10.6. The van der Waals surface area contributed by atoms with E-state index in [1.807, 2.05) is 12.3 Å². The largest absolute Gasteiger partial charge is 0.388 e. The molecule has 1 N–H and O–H groups in total. The van der Waals surface area contributed by atoms with Crippen molar-refractivity contribution >= 4 is 10.9 Å². The summed E-state index contributed by atoms with van der Waals surface area (Å²) < 4.78 is 0. The Kier molecular flexibility index (Phi) is 2.59. The number of benzene rings is 1. The van der Waals surface area contributed by atoms with Gasteiger partial charge in [-0.3, -0.25) is 4.98 Å². The van der Waals surface area contributed by atoms with Gasteiger partial charge in [-0.2, -0.15) is 0 Å². The molecule has 2 aliphatic rings. The highest BCUT2D eigenvalue weighted by molar-refractivity contribution is 5.78. The Morgan fingerprint density at radius 3 is 2.68 bits per heavy atom. The van der Waals surface area contributed by atoms with Crippen LogP contribution in [0.1, 0.15) is 37.4 Å². The fraction of sp³-hybridized carbons (Fsp3) is 0.471. The van der Waals surface area contributed by atoms with Crippen LogP contribution < -0.4 is 0 Å². The molecule has 1 aromatic heterocycles. The van der Waals surface area contributed by atoms with Crippen molar-refractivity contribution in [3.05, 3.63) is 42.1 Å². The molecule has 2 fully saturated rings. The molecule has 2 saturated carbocycles. The summed E-state index contributed by atoms with van der Waals surface area (Å²) in [6.07, 6.45) is 6.86. The number of rotatable bonds is 2. The summed E-state index contributed by atoms with van der Waals surface area (Å²) in [6, 6.07) is 10.2. The van der Waals surface area contributed by atoms with Crippen LogP contribution in [0.5, 0.6) is 0 Å². The van der Waals surface area contributed by atoms with E-state index in [2.05, 4.69) is 29.2 Å². The summed E-state index contributed by atoms with van der Waals surface area (Å²) in [4.78, 5) is 4.38. The van der Waals surface area contributed by atoms with E-state index in [9.17, 15) is 5.11 Å². The minimum atomic E-state index is -0.292. The molecule has 2 heteroatoms. The van der Waals surface area contributed by atoms with Crippen molar-refractivity contribution < 1.29 is 5.11 Å². The third kappa shape index (κ3) is 1.86. The van der Waals surface area contributed by atoms with Crippen molar-refractivity contribution in [2.75, 3.05) is 0 Å². The van der Waals surface area contributed by atoms with Crippen LogP contribution in [-0.2, 0) is 0 Å². The molecule has 1 aromatic carbocycles. The molecule has 2 aliphatic carbocycles. The quantitative estimate of drug-likeness (QED) is 0.885. The van der Waals surface area contributed by atoms with Crippen LogP contribution in [0.3, 0.4) is 0 Å². The standard InChI is InChI=1S/C17H19NO/c19-17(16-13-5-1-2-6-14(13)16)12-8-7-11-4-3-9-18-15(11)10-12/h3-4,7-10,13-14,16-17,19H,1-2,5-6H2. The first-order chi connectivity index (χ1) is 9.34. The van der Waals surface area contributed by atoms with Crippen molar-refractivity contribution in [1.29, 1.82) is 0 Å². The van der Waals surface area contributed by atoms with Gasteiger partial charge in [0.25, 0.3) is 0 Å². The molecule has 0 amide bonds. The van der Waals surface area contributed by atoms with Crippen LogP contribution in [0.2, 0.25) is 0 Å². The van der Waals surface area contributed by atoms with Gasteiger partial charge >= 0.3 is 0 Å². The van der Waals surface area contributed by atoms with Gasteiger partial charge in [-0.25, -0.2) is 0 Å². The maximum Gasteiger partial charge on any atom is 0.0824 e. The topological polar surface area (TPSA) is 33.1 Å². The van der Waals surface area contributed by atoms with E-state index in [1.165, 1.54) is 25.7 Å². The molecule has 98 valence electrons. The Balaban J connectivity index is 1.63. The van der Waals surface area contributed by atoms with Crippen LogP contribution in [0.15, 0.2) is 36.5 Å². The van der Waals surface area contributed by atoms with E-state index in [0.29, 0.717) is 5.92 Å². The van der Waals surface area contributed by atoms with Gasteiger partial charge in [0, 0.05) is 11.6 Å². The van der Waals surface area contributed by atoms with Gasteiger partial charge in [0.2, 0.25) is 0 Å². The molecule has 0 bridgehead atoms. The number of hydrogen-bond acceptors (Lipinski definition) is 2. The van der Waals surface area contributed by atoms with Crippen molar-refractivity contribution in [2.24, 2.45) is 17.8 Å². The Labute approximate surface area is 113 Å². The smallest absolute Gasteiger partial charge is 0.0824 e. The van der Waals surface area contributed by atoms with E-state index in [4.69, 9.17) is 0 Å². The number of fused-ring (bicyclic) bond motifs is 2. The molecule has 2 nitrogen and oxygen atoms in total. The lowest BCUT2D eigenvalue weighted by Gasteiger charge is -2.11. The van der Waals surface area contributed by atoms with E-state index in [0.717, 1.165) is 28.3 Å². The fourth-order valence-corrected chi connectivity index (χ4v) is 4.01. The molecule has 0 aliphatic heterocycles. The summed E-state index contributed by atoms with van der Waals surface area (Å²) in [5, 5.41) is 11.8. The predicted octanol–water partition coefficient (Wildman–Crippen LogP) is 3.70. The first kappa shape index (κ1) is 11.4. The second-order valence-electron chi connectivity index (χ2n) is 6.09. The lowest BCUT2D eigenvalue weighted by molar-refractivity contribution is 0.142. The highest BCUT2D eigenvalue weighted by Gasteiger charge is 2.54. The Hall–Kier alpha value is -1.41. The molecule has 19 heavy (non-hydrogen) atoms. The Morgan fingerprint density at radius 1 is 1.11 bits per heavy atom. The van der Waals surface area contributed by atoms with Crippen LogP contribution in [0, 0.1) is 17.8 Å². The number of aromatic nitrogens is 1. The van der Waals surface area contributed by atoms with E-state index in [1.54, 1.807) is 0 Å². The number of nitrogens with zero attached hydrogens (tertiary/aromatic N) is 1. The van der Waals surface area contributed by atoms with E-state index >= 15 is 0 Å². The zero-order valence-corrected chi connectivity index (χ0v) is 11.0. The minimum absolute atomic E-state index is 0.292. The molecule has 0 radical (unpaired) electrons. The second kappa shape index (κ2) is 4.31. The van der Waals surface area contributed by atoms with Crippen molar-refractivity contribution in [1.82, 2.24) is 4.98 Å². The molecule has 3 unspecified atom stereocenters. The lowest BCUT2D eigenvalue weighted by atomic mass is 10.0. The molecule has 0 spiro atoms. The SMILES string of the molecule is OC(c1ccc2cccnc2c1)C1C2CCCCC21. The molecule has 4 rings (SSSR count). The zero-order valence-electron chi connectivity index (χ0n) is 11.0. The molecule has 1 heterocycles.